The maximum atomic E-state index is 11.3. The lowest BCUT2D eigenvalue weighted by Crippen LogP contribution is -2.42. The lowest BCUT2D eigenvalue weighted by molar-refractivity contribution is 0.175. The first kappa shape index (κ1) is 9.32. The van der Waals surface area contributed by atoms with Crippen LogP contribution in [0.15, 0.2) is 0 Å². The summed E-state index contributed by atoms with van der Waals surface area (Å²) in [5, 5.41) is 10.9. The van der Waals surface area contributed by atoms with Gasteiger partial charge < -0.3 is 15.3 Å². The summed E-state index contributed by atoms with van der Waals surface area (Å²) in [5.41, 5.74) is 0. The summed E-state index contributed by atoms with van der Waals surface area (Å²) in [4.78, 5) is 13.1. The molecule has 1 atom stereocenters. The van der Waals surface area contributed by atoms with Crippen molar-refractivity contribution in [3.8, 4) is 0 Å². The number of rotatable bonds is 2. The van der Waals surface area contributed by atoms with Gasteiger partial charge in [0, 0.05) is 12.6 Å². The Morgan fingerprint density at radius 1 is 1.75 bits per heavy atom. The number of likely N-dealkylation sites (tertiary alicyclic amines) is 1. The Bertz CT molecular complexity index is 161. The highest BCUT2D eigenvalue weighted by atomic mass is 16.3. The molecule has 0 aromatic rings. The van der Waals surface area contributed by atoms with Crippen LogP contribution in [0.4, 0.5) is 4.79 Å². The quantitative estimate of drug-likeness (QED) is 0.597. The monoisotopic (exact) mass is 172 g/mol. The lowest BCUT2D eigenvalue weighted by Gasteiger charge is -2.23. The molecule has 4 nitrogen and oxygen atoms in total. The van der Waals surface area contributed by atoms with Crippen LogP contribution >= 0.6 is 0 Å². The van der Waals surface area contributed by atoms with Crippen LogP contribution < -0.4 is 5.32 Å². The molecule has 12 heavy (non-hydrogen) atoms. The first-order valence-corrected chi connectivity index (χ1v) is 4.45. The summed E-state index contributed by atoms with van der Waals surface area (Å²) >= 11 is 0. The largest absolute Gasteiger partial charge is 0.376 e. The molecule has 1 heterocycles. The molecule has 1 aliphatic heterocycles. The molecule has 1 rings (SSSR count). The van der Waals surface area contributed by atoms with E-state index in [0.29, 0.717) is 6.04 Å². The highest BCUT2D eigenvalue weighted by Crippen LogP contribution is 2.19. The molecule has 0 saturated carbocycles. The van der Waals surface area contributed by atoms with E-state index in [4.69, 9.17) is 5.11 Å². The normalized spacial score (nSPS) is 22.8. The van der Waals surface area contributed by atoms with E-state index in [9.17, 15) is 4.79 Å². The number of aliphatic hydroxyl groups excluding tert-OH is 1. The van der Waals surface area contributed by atoms with E-state index in [1.54, 1.807) is 4.90 Å². The van der Waals surface area contributed by atoms with Gasteiger partial charge in [-0.1, -0.05) is 6.92 Å². The SMILES string of the molecule is CCC1CCCN1C(=O)NCO. The van der Waals surface area contributed by atoms with Crippen LogP contribution in [-0.2, 0) is 0 Å². The van der Waals surface area contributed by atoms with Gasteiger partial charge in [-0.3, -0.25) is 0 Å². The lowest BCUT2D eigenvalue weighted by atomic mass is 10.2. The van der Waals surface area contributed by atoms with E-state index in [2.05, 4.69) is 12.2 Å². The predicted octanol–water partition coefficient (Wildman–Crippen LogP) is 0.520. The number of amides is 2. The van der Waals surface area contributed by atoms with Crippen molar-refractivity contribution in [1.82, 2.24) is 10.2 Å². The van der Waals surface area contributed by atoms with Crippen molar-refractivity contribution in [2.45, 2.75) is 32.2 Å². The van der Waals surface area contributed by atoms with Crippen LogP contribution in [0.1, 0.15) is 26.2 Å². The molecule has 0 radical (unpaired) electrons. The summed E-state index contributed by atoms with van der Waals surface area (Å²) in [6.07, 6.45) is 3.17. The van der Waals surface area contributed by atoms with Crippen molar-refractivity contribution in [3.63, 3.8) is 0 Å². The molecule has 1 aliphatic rings. The summed E-state index contributed by atoms with van der Waals surface area (Å²) < 4.78 is 0. The maximum Gasteiger partial charge on any atom is 0.319 e. The Morgan fingerprint density at radius 2 is 2.50 bits per heavy atom. The molecule has 0 bridgehead atoms. The first-order chi connectivity index (χ1) is 5.79. The Kier molecular flexibility index (Phi) is 3.34. The zero-order chi connectivity index (χ0) is 8.97. The summed E-state index contributed by atoms with van der Waals surface area (Å²) in [7, 11) is 0. The van der Waals surface area contributed by atoms with Gasteiger partial charge >= 0.3 is 6.03 Å². The van der Waals surface area contributed by atoms with Gasteiger partial charge in [0.2, 0.25) is 0 Å². The summed E-state index contributed by atoms with van der Waals surface area (Å²) in [6, 6.07) is 0.235. The van der Waals surface area contributed by atoms with Gasteiger partial charge in [0.25, 0.3) is 0 Å². The zero-order valence-corrected chi connectivity index (χ0v) is 7.42. The average Bonchev–Trinajstić information content (AvgIpc) is 2.51. The Morgan fingerprint density at radius 3 is 3.08 bits per heavy atom. The molecular weight excluding hydrogens is 156 g/mol. The van der Waals surface area contributed by atoms with E-state index >= 15 is 0 Å². The Hall–Kier alpha value is -0.770. The number of urea groups is 1. The molecule has 0 spiro atoms. The number of hydrogen-bond acceptors (Lipinski definition) is 2. The van der Waals surface area contributed by atoms with E-state index in [1.165, 1.54) is 0 Å². The highest BCUT2D eigenvalue weighted by Gasteiger charge is 2.26. The standard InChI is InChI=1S/C8H16N2O2/c1-2-7-4-3-5-10(7)8(12)9-6-11/h7,11H,2-6H2,1H3,(H,9,12). The average molecular weight is 172 g/mol. The van der Waals surface area contributed by atoms with Gasteiger partial charge in [0.05, 0.1) is 0 Å². The minimum atomic E-state index is -0.272. The van der Waals surface area contributed by atoms with E-state index < -0.39 is 0 Å². The Labute approximate surface area is 72.6 Å². The van der Waals surface area contributed by atoms with E-state index in [1.807, 2.05) is 0 Å². The number of carbonyl (C=O) groups is 1. The summed E-state index contributed by atoms with van der Waals surface area (Å²) in [6.45, 7) is 2.63. The molecule has 2 N–H and O–H groups in total. The van der Waals surface area contributed by atoms with Crippen LogP contribution in [0.2, 0.25) is 0 Å². The van der Waals surface area contributed by atoms with Gasteiger partial charge in [-0.05, 0) is 19.3 Å². The number of nitrogens with zero attached hydrogens (tertiary/aromatic N) is 1. The van der Waals surface area contributed by atoms with Crippen molar-refractivity contribution in [2.24, 2.45) is 0 Å². The molecule has 0 aromatic carbocycles. The zero-order valence-electron chi connectivity index (χ0n) is 7.42. The van der Waals surface area contributed by atoms with Crippen molar-refractivity contribution in [3.05, 3.63) is 0 Å². The number of hydrogen-bond donors (Lipinski definition) is 2. The molecule has 2 amide bonds. The van der Waals surface area contributed by atoms with Gasteiger partial charge in [0.1, 0.15) is 6.73 Å². The minimum absolute atomic E-state index is 0.137. The first-order valence-electron chi connectivity index (χ1n) is 4.45. The number of nitrogens with one attached hydrogen (secondary N) is 1. The minimum Gasteiger partial charge on any atom is -0.376 e. The fourth-order valence-corrected chi connectivity index (χ4v) is 1.70. The van der Waals surface area contributed by atoms with Crippen molar-refractivity contribution >= 4 is 6.03 Å². The van der Waals surface area contributed by atoms with Gasteiger partial charge in [-0.2, -0.15) is 0 Å². The smallest absolute Gasteiger partial charge is 0.319 e. The fourth-order valence-electron chi connectivity index (χ4n) is 1.70. The molecule has 70 valence electrons. The number of aliphatic hydroxyl groups is 1. The topological polar surface area (TPSA) is 52.6 Å². The van der Waals surface area contributed by atoms with Crippen molar-refractivity contribution < 1.29 is 9.90 Å². The van der Waals surface area contributed by atoms with Crippen LogP contribution in [0.3, 0.4) is 0 Å². The molecule has 0 aromatic heterocycles. The second kappa shape index (κ2) is 4.30. The Balaban J connectivity index is 2.43. The molecule has 0 aliphatic carbocycles. The molecule has 1 unspecified atom stereocenters. The molecular formula is C8H16N2O2. The highest BCUT2D eigenvalue weighted by molar-refractivity contribution is 5.74. The van der Waals surface area contributed by atoms with Gasteiger partial charge in [-0.25, -0.2) is 4.79 Å². The molecule has 1 fully saturated rings. The number of carbonyl (C=O) groups excluding carboxylic acids is 1. The predicted molar refractivity (Wildman–Crippen MR) is 45.6 cm³/mol. The van der Waals surface area contributed by atoms with E-state index in [-0.39, 0.29) is 12.8 Å². The third kappa shape index (κ3) is 1.88. The fraction of sp³-hybridized carbons (Fsp3) is 0.875. The van der Waals surface area contributed by atoms with Crippen LogP contribution in [0.25, 0.3) is 0 Å². The van der Waals surface area contributed by atoms with Crippen molar-refractivity contribution in [2.75, 3.05) is 13.3 Å². The summed E-state index contributed by atoms with van der Waals surface area (Å²) in [5.74, 6) is 0. The van der Waals surface area contributed by atoms with Crippen molar-refractivity contribution in [1.29, 1.82) is 0 Å². The van der Waals surface area contributed by atoms with Gasteiger partial charge in [-0.15, -0.1) is 0 Å². The second-order valence-electron chi connectivity index (χ2n) is 3.04. The van der Waals surface area contributed by atoms with Crippen LogP contribution in [-0.4, -0.2) is 35.4 Å². The van der Waals surface area contributed by atoms with Crippen LogP contribution in [0.5, 0.6) is 0 Å². The second-order valence-corrected chi connectivity index (χ2v) is 3.04. The third-order valence-electron chi connectivity index (χ3n) is 2.34. The van der Waals surface area contributed by atoms with E-state index in [0.717, 1.165) is 25.8 Å². The molecule has 1 saturated heterocycles. The van der Waals surface area contributed by atoms with Crippen LogP contribution in [0, 0.1) is 0 Å². The maximum absolute atomic E-state index is 11.3. The third-order valence-corrected chi connectivity index (χ3v) is 2.34. The van der Waals surface area contributed by atoms with Gasteiger partial charge in [0.15, 0.2) is 0 Å². The molecule has 4 heteroatoms.